The molecular weight excluding hydrogens is 204 g/mol. The molecule has 0 aromatic rings. The molecule has 0 atom stereocenters. The van der Waals surface area contributed by atoms with Gasteiger partial charge >= 0.3 is 0 Å². The first kappa shape index (κ1) is 14.0. The van der Waals surface area contributed by atoms with E-state index in [1.807, 2.05) is 0 Å². The van der Waals surface area contributed by atoms with Crippen LogP contribution in [0.25, 0.3) is 0 Å². The third kappa shape index (κ3) is 7.38. The van der Waals surface area contributed by atoms with Crippen molar-refractivity contribution in [3.8, 4) is 0 Å². The van der Waals surface area contributed by atoms with Gasteiger partial charge < -0.3 is 4.43 Å². The number of hydrogen-bond donors (Lipinski definition) is 0. The minimum absolute atomic E-state index is 0.754. The first-order valence-corrected chi connectivity index (χ1v) is 12.1. The van der Waals surface area contributed by atoms with Crippen molar-refractivity contribution in [1.29, 1.82) is 0 Å². The Bertz CT molecular complexity index is 180. The molecule has 0 aliphatic rings. The number of allylic oxidation sites excluding steroid dienone is 1. The Morgan fingerprint density at radius 1 is 1.29 bits per heavy atom. The quantitative estimate of drug-likeness (QED) is 0.381. The summed E-state index contributed by atoms with van der Waals surface area (Å²) >= 11 is 0. The lowest BCUT2D eigenvalue weighted by Crippen LogP contribution is -2.28. The van der Waals surface area contributed by atoms with E-state index >= 15 is 0 Å². The SMILES string of the molecule is CCCCC=C(O[Si](C)(C)C)[SiH](C)C. The van der Waals surface area contributed by atoms with Crippen molar-refractivity contribution in [2.75, 3.05) is 0 Å². The third-order valence-corrected chi connectivity index (χ3v) is 4.47. The van der Waals surface area contributed by atoms with Gasteiger partial charge in [-0.15, -0.1) is 0 Å². The van der Waals surface area contributed by atoms with Crippen molar-refractivity contribution < 1.29 is 4.43 Å². The molecule has 0 bridgehead atoms. The molecule has 0 radical (unpaired) electrons. The fraction of sp³-hybridized carbons (Fsp3) is 0.818. The standard InChI is InChI=1S/C11H26OSi2/c1-7-8-9-10-11(13(2)3)12-14(4,5)6/h10,13H,7-9H2,1-6H3. The molecule has 0 fully saturated rings. The molecule has 84 valence electrons. The van der Waals surface area contributed by atoms with E-state index in [0.717, 1.165) is 0 Å². The summed E-state index contributed by atoms with van der Waals surface area (Å²) < 4.78 is 6.11. The normalized spacial score (nSPS) is 13.5. The second-order valence-electron chi connectivity index (χ2n) is 5.12. The van der Waals surface area contributed by atoms with Crippen molar-refractivity contribution in [2.24, 2.45) is 0 Å². The van der Waals surface area contributed by atoms with Gasteiger partial charge in [0.2, 0.25) is 8.32 Å². The van der Waals surface area contributed by atoms with Crippen LogP contribution in [0.5, 0.6) is 0 Å². The van der Waals surface area contributed by atoms with Gasteiger partial charge in [-0.3, -0.25) is 0 Å². The van der Waals surface area contributed by atoms with E-state index in [9.17, 15) is 0 Å². The molecule has 0 aliphatic heterocycles. The van der Waals surface area contributed by atoms with Gasteiger partial charge in [0.05, 0.1) is 0 Å². The van der Waals surface area contributed by atoms with Gasteiger partial charge in [-0.25, -0.2) is 0 Å². The van der Waals surface area contributed by atoms with Crippen LogP contribution < -0.4 is 0 Å². The fourth-order valence-electron chi connectivity index (χ4n) is 1.20. The van der Waals surface area contributed by atoms with Crippen LogP contribution in [0.3, 0.4) is 0 Å². The van der Waals surface area contributed by atoms with E-state index in [1.54, 1.807) is 0 Å². The summed E-state index contributed by atoms with van der Waals surface area (Å²) in [4.78, 5) is 0. The monoisotopic (exact) mass is 230 g/mol. The van der Waals surface area contributed by atoms with Crippen molar-refractivity contribution in [1.82, 2.24) is 0 Å². The highest BCUT2D eigenvalue weighted by Crippen LogP contribution is 2.14. The highest BCUT2D eigenvalue weighted by Gasteiger charge is 2.19. The van der Waals surface area contributed by atoms with Crippen LogP contribution >= 0.6 is 0 Å². The zero-order chi connectivity index (χ0) is 11.2. The summed E-state index contributed by atoms with van der Waals surface area (Å²) in [5, 5.41) is 1.35. The van der Waals surface area contributed by atoms with E-state index in [0.29, 0.717) is 0 Å². The maximum atomic E-state index is 6.11. The summed E-state index contributed by atoms with van der Waals surface area (Å²) in [6.45, 7) is 13.7. The Balaban J connectivity index is 4.22. The lowest BCUT2D eigenvalue weighted by Gasteiger charge is -2.24. The molecule has 3 heteroatoms. The topological polar surface area (TPSA) is 9.23 Å². The Kier molecular flexibility index (Phi) is 6.44. The molecule has 0 saturated heterocycles. The maximum Gasteiger partial charge on any atom is 0.241 e. The highest BCUT2D eigenvalue weighted by molar-refractivity contribution is 6.72. The van der Waals surface area contributed by atoms with Gasteiger partial charge in [0.25, 0.3) is 0 Å². The number of rotatable bonds is 6. The smallest absolute Gasteiger partial charge is 0.241 e. The Labute approximate surface area is 92.3 Å². The molecule has 0 unspecified atom stereocenters. The molecule has 0 N–H and O–H groups in total. The minimum Gasteiger partial charge on any atom is -0.552 e. The minimum atomic E-state index is -1.38. The summed E-state index contributed by atoms with van der Waals surface area (Å²) in [6, 6.07) is 0. The van der Waals surface area contributed by atoms with Gasteiger partial charge in [-0.1, -0.05) is 32.5 Å². The molecule has 0 amide bonds. The van der Waals surface area contributed by atoms with Crippen molar-refractivity contribution in [3.05, 3.63) is 11.5 Å². The Morgan fingerprint density at radius 2 is 1.86 bits per heavy atom. The molecule has 0 heterocycles. The van der Waals surface area contributed by atoms with E-state index in [2.05, 4.69) is 45.7 Å². The van der Waals surface area contributed by atoms with Crippen LogP contribution in [0.4, 0.5) is 0 Å². The Hall–Kier alpha value is -0.0262. The first-order chi connectivity index (χ1) is 6.37. The summed E-state index contributed by atoms with van der Waals surface area (Å²) in [5.74, 6) is 0. The maximum absolute atomic E-state index is 6.11. The molecule has 0 aliphatic carbocycles. The van der Waals surface area contributed by atoms with E-state index in [1.165, 1.54) is 24.6 Å². The van der Waals surface area contributed by atoms with Crippen LogP contribution in [0.2, 0.25) is 32.7 Å². The predicted molar refractivity (Wildman–Crippen MR) is 70.9 cm³/mol. The molecule has 0 spiro atoms. The van der Waals surface area contributed by atoms with E-state index in [-0.39, 0.29) is 0 Å². The highest BCUT2D eigenvalue weighted by atomic mass is 28.4. The van der Waals surface area contributed by atoms with Gasteiger partial charge in [0.15, 0.2) is 0 Å². The first-order valence-electron chi connectivity index (χ1n) is 5.76. The number of hydrogen-bond acceptors (Lipinski definition) is 1. The summed E-state index contributed by atoms with van der Waals surface area (Å²) in [5.41, 5.74) is 0. The van der Waals surface area contributed by atoms with E-state index < -0.39 is 17.1 Å². The molecule has 0 rings (SSSR count). The average molecular weight is 230 g/mol. The van der Waals surface area contributed by atoms with Crippen molar-refractivity contribution >= 4 is 17.1 Å². The van der Waals surface area contributed by atoms with Gasteiger partial charge in [0, 0.05) is 5.38 Å². The molecule has 1 nitrogen and oxygen atoms in total. The number of unbranched alkanes of at least 4 members (excludes halogenated alkanes) is 2. The van der Waals surface area contributed by atoms with Crippen LogP contribution in [0.15, 0.2) is 11.5 Å². The predicted octanol–water partition coefficient (Wildman–Crippen LogP) is 3.94. The lowest BCUT2D eigenvalue weighted by atomic mass is 10.2. The van der Waals surface area contributed by atoms with Gasteiger partial charge in [0.1, 0.15) is 8.80 Å². The molecule has 0 aromatic carbocycles. The van der Waals surface area contributed by atoms with Crippen molar-refractivity contribution in [3.63, 3.8) is 0 Å². The molecule has 0 saturated carbocycles. The van der Waals surface area contributed by atoms with Crippen LogP contribution in [-0.2, 0) is 4.43 Å². The van der Waals surface area contributed by atoms with Crippen molar-refractivity contribution in [2.45, 2.75) is 58.9 Å². The zero-order valence-electron chi connectivity index (χ0n) is 10.7. The average Bonchev–Trinajstić information content (AvgIpc) is 2.00. The fourth-order valence-corrected chi connectivity index (χ4v) is 4.63. The van der Waals surface area contributed by atoms with Gasteiger partial charge in [-0.05, 0) is 32.5 Å². The second kappa shape index (κ2) is 6.46. The van der Waals surface area contributed by atoms with Crippen LogP contribution in [0.1, 0.15) is 26.2 Å². The lowest BCUT2D eigenvalue weighted by molar-refractivity contribution is 0.452. The zero-order valence-corrected chi connectivity index (χ0v) is 12.8. The van der Waals surface area contributed by atoms with Crippen LogP contribution in [0, 0.1) is 0 Å². The second-order valence-corrected chi connectivity index (χ2v) is 12.4. The van der Waals surface area contributed by atoms with Gasteiger partial charge in [-0.2, -0.15) is 0 Å². The summed E-state index contributed by atoms with van der Waals surface area (Å²) in [7, 11) is -2.13. The van der Waals surface area contributed by atoms with Crippen LogP contribution in [-0.4, -0.2) is 17.1 Å². The molecule has 0 aromatic heterocycles. The summed E-state index contributed by atoms with van der Waals surface area (Å²) in [6.07, 6.45) is 6.11. The molecular formula is C11H26OSi2. The van der Waals surface area contributed by atoms with E-state index in [4.69, 9.17) is 4.43 Å². The molecule has 14 heavy (non-hydrogen) atoms. The Morgan fingerprint density at radius 3 is 2.21 bits per heavy atom. The third-order valence-electron chi connectivity index (χ3n) is 1.90. The largest absolute Gasteiger partial charge is 0.552 e.